The van der Waals surface area contributed by atoms with Gasteiger partial charge in [-0.2, -0.15) is 13.2 Å². The topological polar surface area (TPSA) is 46.8 Å². The minimum Gasteiger partial charge on any atom is -0.348 e. The Morgan fingerprint density at radius 3 is 2.38 bits per heavy atom. The van der Waals surface area contributed by atoms with Crippen molar-refractivity contribution in [3.05, 3.63) is 83.3 Å². The van der Waals surface area contributed by atoms with E-state index in [1.165, 1.54) is 6.07 Å². The molecule has 5 nitrogen and oxygen atoms in total. The maximum atomic E-state index is 13.5. The highest BCUT2D eigenvalue weighted by Gasteiger charge is 2.37. The predicted octanol–water partition coefficient (Wildman–Crippen LogP) is 5.96. The van der Waals surface area contributed by atoms with E-state index < -0.39 is 11.7 Å². The Labute approximate surface area is 194 Å². The molecule has 0 atom stereocenters. The fourth-order valence-corrected chi connectivity index (χ4v) is 4.83. The van der Waals surface area contributed by atoms with Crippen LogP contribution in [0.25, 0.3) is 22.5 Å². The highest BCUT2D eigenvalue weighted by Crippen LogP contribution is 2.46. The molecule has 1 aliphatic heterocycles. The number of hydrogen-bond donors (Lipinski definition) is 0. The number of nitrogens with zero attached hydrogens (tertiary/aromatic N) is 5. The van der Waals surface area contributed by atoms with Gasteiger partial charge in [-0.15, -0.1) is 10.2 Å². The van der Waals surface area contributed by atoms with E-state index in [0.29, 0.717) is 29.4 Å². The first-order valence-electron chi connectivity index (χ1n) is 11.3. The van der Waals surface area contributed by atoms with Crippen LogP contribution < -0.4 is 4.90 Å². The molecule has 2 aromatic carbocycles. The average molecular weight is 461 g/mol. The van der Waals surface area contributed by atoms with Crippen LogP contribution in [0.1, 0.15) is 41.1 Å². The van der Waals surface area contributed by atoms with E-state index in [-0.39, 0.29) is 6.54 Å². The summed E-state index contributed by atoms with van der Waals surface area (Å²) in [6.07, 6.45) is -0.557. The zero-order valence-electron chi connectivity index (χ0n) is 18.5. The van der Waals surface area contributed by atoms with E-state index in [4.69, 9.17) is 4.98 Å². The van der Waals surface area contributed by atoms with Gasteiger partial charge in [-0.05, 0) is 47.7 Å². The lowest BCUT2D eigenvalue weighted by Gasteiger charge is -2.20. The summed E-state index contributed by atoms with van der Waals surface area (Å²) in [5, 5.41) is 8.31. The van der Waals surface area contributed by atoms with Crippen LogP contribution in [0, 0.1) is 0 Å². The van der Waals surface area contributed by atoms with Crippen molar-refractivity contribution >= 4 is 5.82 Å². The smallest absolute Gasteiger partial charge is 0.348 e. The third-order valence-electron chi connectivity index (χ3n) is 6.66. The molecule has 0 spiro atoms. The minimum atomic E-state index is -4.36. The van der Waals surface area contributed by atoms with E-state index in [0.717, 1.165) is 47.1 Å². The molecule has 2 aliphatic rings. The van der Waals surface area contributed by atoms with Gasteiger partial charge in [0.1, 0.15) is 12.1 Å². The number of aryl methyl sites for hydroxylation is 1. The van der Waals surface area contributed by atoms with Gasteiger partial charge in [0.15, 0.2) is 5.82 Å². The van der Waals surface area contributed by atoms with Gasteiger partial charge in [0.25, 0.3) is 0 Å². The van der Waals surface area contributed by atoms with Crippen molar-refractivity contribution in [3.8, 4) is 22.5 Å². The van der Waals surface area contributed by atoms with Gasteiger partial charge in [-0.25, -0.2) is 4.98 Å². The van der Waals surface area contributed by atoms with E-state index in [1.54, 1.807) is 12.4 Å². The van der Waals surface area contributed by atoms with Crippen LogP contribution in [0.2, 0.25) is 0 Å². The largest absolute Gasteiger partial charge is 0.416 e. The average Bonchev–Trinajstić information content (AvgIpc) is 3.44. The van der Waals surface area contributed by atoms with Crippen LogP contribution in [0.5, 0.6) is 0 Å². The molecule has 0 radical (unpaired) electrons. The van der Waals surface area contributed by atoms with Crippen LogP contribution in [0.4, 0.5) is 19.0 Å². The highest BCUT2D eigenvalue weighted by molar-refractivity contribution is 5.82. The summed E-state index contributed by atoms with van der Waals surface area (Å²) in [6.45, 7) is 0.627. The molecule has 1 aliphatic carbocycles. The SMILES string of the molecule is Cn1cnnc1-c1ccccc1-c1ccc(N2Cc3cccc(C(F)(F)F)c3C2)nc1C1CC1. The van der Waals surface area contributed by atoms with Crippen LogP contribution in [-0.2, 0) is 26.3 Å². The first-order chi connectivity index (χ1) is 16.4. The highest BCUT2D eigenvalue weighted by atomic mass is 19.4. The Hall–Kier alpha value is -3.68. The van der Waals surface area contributed by atoms with E-state index in [9.17, 15) is 13.2 Å². The summed E-state index contributed by atoms with van der Waals surface area (Å²) in [5.74, 6) is 1.85. The van der Waals surface area contributed by atoms with E-state index in [1.807, 2.05) is 40.8 Å². The Morgan fingerprint density at radius 1 is 0.882 bits per heavy atom. The molecular formula is C26H22F3N5. The number of benzene rings is 2. The van der Waals surface area contributed by atoms with Crippen molar-refractivity contribution < 1.29 is 13.2 Å². The molecule has 172 valence electrons. The molecule has 8 heteroatoms. The summed E-state index contributed by atoms with van der Waals surface area (Å²) >= 11 is 0. The van der Waals surface area contributed by atoms with Crippen molar-refractivity contribution in [1.29, 1.82) is 0 Å². The number of aromatic nitrogens is 4. The Balaban J connectivity index is 1.40. The Kier molecular flexibility index (Phi) is 4.72. The van der Waals surface area contributed by atoms with Gasteiger partial charge in [0.2, 0.25) is 0 Å². The maximum Gasteiger partial charge on any atom is 0.416 e. The van der Waals surface area contributed by atoms with E-state index in [2.05, 4.69) is 22.3 Å². The minimum absolute atomic E-state index is 0.205. The summed E-state index contributed by atoms with van der Waals surface area (Å²) in [5.41, 5.74) is 4.55. The zero-order chi connectivity index (χ0) is 23.4. The monoisotopic (exact) mass is 461 g/mol. The predicted molar refractivity (Wildman–Crippen MR) is 123 cm³/mol. The van der Waals surface area contributed by atoms with Crippen molar-refractivity contribution in [3.63, 3.8) is 0 Å². The molecule has 0 saturated heterocycles. The third kappa shape index (κ3) is 3.54. The number of rotatable bonds is 4. The first kappa shape index (κ1) is 20.9. The summed E-state index contributed by atoms with van der Waals surface area (Å²) < 4.78 is 42.5. The molecule has 0 N–H and O–H groups in total. The number of halogens is 3. The standard InChI is InChI=1S/C26H22F3N5/c1-33-15-30-32-25(33)20-7-3-2-6-18(20)19-11-12-23(31-24(19)16-9-10-16)34-13-17-5-4-8-22(21(17)14-34)26(27,28)29/h2-8,11-12,15-16H,9-10,13-14H2,1H3. The molecular weight excluding hydrogens is 439 g/mol. The van der Waals surface area contributed by atoms with Gasteiger partial charge in [-0.3, -0.25) is 0 Å². The number of pyridine rings is 1. The molecule has 1 fully saturated rings. The maximum absolute atomic E-state index is 13.5. The molecule has 3 heterocycles. The molecule has 0 bridgehead atoms. The number of fused-ring (bicyclic) bond motifs is 1. The zero-order valence-corrected chi connectivity index (χ0v) is 18.5. The van der Waals surface area contributed by atoms with Crippen LogP contribution in [0.3, 0.4) is 0 Å². The third-order valence-corrected chi connectivity index (χ3v) is 6.66. The lowest BCUT2D eigenvalue weighted by Crippen LogP contribution is -2.17. The second-order valence-corrected chi connectivity index (χ2v) is 8.98. The van der Waals surface area contributed by atoms with Gasteiger partial charge < -0.3 is 9.47 Å². The Morgan fingerprint density at radius 2 is 1.68 bits per heavy atom. The van der Waals surface area contributed by atoms with Crippen molar-refractivity contribution in [1.82, 2.24) is 19.7 Å². The Bertz CT molecular complexity index is 1390. The second-order valence-electron chi connectivity index (χ2n) is 8.98. The van der Waals surface area contributed by atoms with E-state index >= 15 is 0 Å². The molecule has 2 aromatic heterocycles. The van der Waals surface area contributed by atoms with Crippen molar-refractivity contribution in [2.45, 2.75) is 38.0 Å². The summed E-state index contributed by atoms with van der Waals surface area (Å²) in [6, 6.07) is 16.5. The van der Waals surface area contributed by atoms with Crippen LogP contribution in [-0.4, -0.2) is 19.7 Å². The van der Waals surface area contributed by atoms with Gasteiger partial charge in [0, 0.05) is 37.2 Å². The molecule has 0 unspecified atom stereocenters. The fraction of sp³-hybridized carbons (Fsp3) is 0.269. The van der Waals surface area contributed by atoms with Crippen LogP contribution >= 0.6 is 0 Å². The van der Waals surface area contributed by atoms with Gasteiger partial charge in [-0.1, -0.05) is 36.4 Å². The molecule has 1 saturated carbocycles. The number of anilines is 1. The van der Waals surface area contributed by atoms with Crippen molar-refractivity contribution in [2.24, 2.45) is 7.05 Å². The quantitative estimate of drug-likeness (QED) is 0.376. The van der Waals surface area contributed by atoms with Gasteiger partial charge in [0.05, 0.1) is 11.3 Å². The molecule has 0 amide bonds. The van der Waals surface area contributed by atoms with Crippen LogP contribution in [0.15, 0.2) is 60.9 Å². The summed E-state index contributed by atoms with van der Waals surface area (Å²) in [7, 11) is 1.91. The normalized spacial score (nSPS) is 15.6. The lowest BCUT2D eigenvalue weighted by atomic mass is 9.96. The van der Waals surface area contributed by atoms with Gasteiger partial charge >= 0.3 is 6.18 Å². The second kappa shape index (κ2) is 7.68. The summed E-state index contributed by atoms with van der Waals surface area (Å²) in [4.78, 5) is 6.95. The number of hydrogen-bond acceptors (Lipinski definition) is 4. The van der Waals surface area contributed by atoms with Crippen molar-refractivity contribution in [2.75, 3.05) is 4.90 Å². The lowest BCUT2D eigenvalue weighted by molar-refractivity contribution is -0.138. The first-order valence-corrected chi connectivity index (χ1v) is 11.3. The fourth-order valence-electron chi connectivity index (χ4n) is 4.83. The molecule has 34 heavy (non-hydrogen) atoms. The number of alkyl halides is 3. The molecule has 4 aromatic rings. The molecule has 6 rings (SSSR count).